The van der Waals surface area contributed by atoms with Gasteiger partial charge in [0.25, 0.3) is 6.43 Å². The average Bonchev–Trinajstić information content (AvgIpc) is 2.61. The molecule has 1 aliphatic heterocycles. The quantitative estimate of drug-likeness (QED) is 0.753. The summed E-state index contributed by atoms with van der Waals surface area (Å²) in [6.07, 6.45) is -2.91. The number of hydrogen-bond donors (Lipinski definition) is 0. The minimum Gasteiger partial charge on any atom is -0.444 e. The molecule has 4 nitrogen and oxygen atoms in total. The maximum atomic E-state index is 12.3. The number of ketones is 1. The number of carbonyl (C=O) groups excluding carboxylic acids is 2. The Morgan fingerprint density at radius 2 is 1.94 bits per heavy atom. The smallest absolute Gasteiger partial charge is 0.410 e. The zero-order valence-electron chi connectivity index (χ0n) is 10.2. The summed E-state index contributed by atoms with van der Waals surface area (Å²) in [6, 6.07) is -1.04. The standard InChI is InChI=1S/C11H17F2NO3/c1-11(2,3)17-10(16)14-6-4-5-7(14)8(15)9(12)13/h7,9H,4-6H2,1-3H3. The molecule has 0 aromatic rings. The molecule has 1 unspecified atom stereocenters. The number of likely N-dealkylation sites (tertiary alicyclic amines) is 1. The Hall–Kier alpha value is -1.20. The molecule has 1 heterocycles. The molecule has 1 fully saturated rings. The van der Waals surface area contributed by atoms with Gasteiger partial charge in [-0.1, -0.05) is 0 Å². The second kappa shape index (κ2) is 4.98. The maximum Gasteiger partial charge on any atom is 0.410 e. The molecule has 6 heteroatoms. The molecule has 1 rings (SSSR count). The van der Waals surface area contributed by atoms with Gasteiger partial charge in [0.2, 0.25) is 5.78 Å². The maximum absolute atomic E-state index is 12.3. The highest BCUT2D eigenvalue weighted by molar-refractivity contribution is 5.90. The van der Waals surface area contributed by atoms with Crippen molar-refractivity contribution in [1.29, 1.82) is 0 Å². The van der Waals surface area contributed by atoms with E-state index in [-0.39, 0.29) is 13.0 Å². The summed E-state index contributed by atoms with van der Waals surface area (Å²) >= 11 is 0. The third-order valence-electron chi connectivity index (χ3n) is 2.42. The van der Waals surface area contributed by atoms with Crippen molar-refractivity contribution in [3.63, 3.8) is 0 Å². The van der Waals surface area contributed by atoms with Crippen LogP contribution < -0.4 is 0 Å². The van der Waals surface area contributed by atoms with E-state index in [0.717, 1.165) is 4.90 Å². The topological polar surface area (TPSA) is 46.6 Å². The number of hydrogen-bond acceptors (Lipinski definition) is 3. The molecule has 0 aromatic carbocycles. The van der Waals surface area contributed by atoms with Crippen LogP contribution in [0, 0.1) is 0 Å². The van der Waals surface area contributed by atoms with Crippen LogP contribution in [-0.4, -0.2) is 41.4 Å². The summed E-state index contributed by atoms with van der Waals surface area (Å²) in [5.41, 5.74) is -0.696. The van der Waals surface area contributed by atoms with Crippen LogP contribution in [0.3, 0.4) is 0 Å². The van der Waals surface area contributed by atoms with Crippen molar-refractivity contribution < 1.29 is 23.1 Å². The summed E-state index contributed by atoms with van der Waals surface area (Å²) < 4.78 is 29.7. The molecule has 0 aliphatic carbocycles. The van der Waals surface area contributed by atoms with Crippen molar-refractivity contribution in [3.8, 4) is 0 Å². The Bertz CT molecular complexity index is 312. The van der Waals surface area contributed by atoms with Crippen LogP contribution in [0.2, 0.25) is 0 Å². The predicted molar refractivity (Wildman–Crippen MR) is 57.0 cm³/mol. The molecular formula is C11H17F2NO3. The predicted octanol–water partition coefficient (Wildman–Crippen LogP) is 2.22. The van der Waals surface area contributed by atoms with Crippen LogP contribution in [0.25, 0.3) is 0 Å². The zero-order chi connectivity index (χ0) is 13.2. The number of Topliss-reactive ketones (excluding diaryl/α,β-unsaturated/α-hetero) is 1. The molecule has 0 N–H and O–H groups in total. The van der Waals surface area contributed by atoms with Gasteiger partial charge in [-0.2, -0.15) is 0 Å². The van der Waals surface area contributed by atoms with Gasteiger partial charge in [-0.25, -0.2) is 13.6 Å². The Morgan fingerprint density at radius 3 is 2.41 bits per heavy atom. The van der Waals surface area contributed by atoms with Gasteiger partial charge < -0.3 is 4.74 Å². The van der Waals surface area contributed by atoms with E-state index in [2.05, 4.69) is 0 Å². The lowest BCUT2D eigenvalue weighted by atomic mass is 10.1. The van der Waals surface area contributed by atoms with Crippen LogP contribution in [0.4, 0.5) is 13.6 Å². The molecule has 0 radical (unpaired) electrons. The third kappa shape index (κ3) is 3.64. The van der Waals surface area contributed by atoms with Crippen molar-refractivity contribution in [3.05, 3.63) is 0 Å². The molecule has 0 aromatic heterocycles. The first-order chi connectivity index (χ1) is 7.72. The van der Waals surface area contributed by atoms with Gasteiger partial charge in [-0.05, 0) is 33.6 Å². The van der Waals surface area contributed by atoms with E-state index < -0.39 is 29.9 Å². The highest BCUT2D eigenvalue weighted by Crippen LogP contribution is 2.23. The molecule has 0 saturated carbocycles. The zero-order valence-corrected chi connectivity index (χ0v) is 10.2. The van der Waals surface area contributed by atoms with E-state index in [0.29, 0.717) is 6.42 Å². The first-order valence-electron chi connectivity index (χ1n) is 5.54. The van der Waals surface area contributed by atoms with E-state index in [1.165, 1.54) is 0 Å². The molecule has 98 valence electrons. The van der Waals surface area contributed by atoms with Gasteiger partial charge in [0, 0.05) is 6.54 Å². The van der Waals surface area contributed by atoms with Gasteiger partial charge >= 0.3 is 6.09 Å². The SMILES string of the molecule is CC(C)(C)OC(=O)N1CCCC1C(=O)C(F)F. The summed E-state index contributed by atoms with van der Waals surface area (Å²) in [6.45, 7) is 5.35. The Morgan fingerprint density at radius 1 is 1.35 bits per heavy atom. The lowest BCUT2D eigenvalue weighted by Crippen LogP contribution is -2.45. The van der Waals surface area contributed by atoms with Crippen LogP contribution in [0.15, 0.2) is 0 Å². The number of halogens is 2. The van der Waals surface area contributed by atoms with E-state index >= 15 is 0 Å². The highest BCUT2D eigenvalue weighted by Gasteiger charge is 2.39. The van der Waals surface area contributed by atoms with Crippen molar-refractivity contribution in [1.82, 2.24) is 4.90 Å². The minimum absolute atomic E-state index is 0.280. The van der Waals surface area contributed by atoms with Crippen LogP contribution in [0.1, 0.15) is 33.6 Å². The molecule has 1 atom stereocenters. The van der Waals surface area contributed by atoms with Crippen LogP contribution in [-0.2, 0) is 9.53 Å². The molecule has 1 aliphatic rings. The molecule has 0 bridgehead atoms. The number of alkyl halides is 2. The number of ether oxygens (including phenoxy) is 1. The van der Waals surface area contributed by atoms with Gasteiger partial charge in [-0.15, -0.1) is 0 Å². The molecule has 1 saturated heterocycles. The summed E-state index contributed by atoms with van der Waals surface area (Å²) in [5.74, 6) is -1.20. The third-order valence-corrected chi connectivity index (χ3v) is 2.42. The fraction of sp³-hybridized carbons (Fsp3) is 0.818. The van der Waals surface area contributed by atoms with Crippen LogP contribution >= 0.6 is 0 Å². The largest absolute Gasteiger partial charge is 0.444 e. The second-order valence-electron chi connectivity index (χ2n) is 5.03. The molecule has 17 heavy (non-hydrogen) atoms. The normalized spacial score (nSPS) is 20.8. The first kappa shape index (κ1) is 13.9. The van der Waals surface area contributed by atoms with Crippen molar-refractivity contribution in [2.24, 2.45) is 0 Å². The van der Waals surface area contributed by atoms with Crippen molar-refractivity contribution >= 4 is 11.9 Å². The number of carbonyl (C=O) groups is 2. The van der Waals surface area contributed by atoms with Crippen molar-refractivity contribution in [2.75, 3.05) is 6.54 Å². The molecule has 0 spiro atoms. The lowest BCUT2D eigenvalue weighted by Gasteiger charge is -2.27. The van der Waals surface area contributed by atoms with E-state index in [1.807, 2.05) is 0 Å². The number of amides is 1. The average molecular weight is 249 g/mol. The van der Waals surface area contributed by atoms with E-state index in [4.69, 9.17) is 4.74 Å². The number of rotatable bonds is 2. The summed E-state index contributed by atoms with van der Waals surface area (Å²) in [4.78, 5) is 24.0. The summed E-state index contributed by atoms with van der Waals surface area (Å²) in [7, 11) is 0. The molecular weight excluding hydrogens is 232 g/mol. The monoisotopic (exact) mass is 249 g/mol. The second-order valence-corrected chi connectivity index (χ2v) is 5.03. The fourth-order valence-corrected chi connectivity index (χ4v) is 1.75. The Labute approximate surface area is 98.9 Å². The molecule has 1 amide bonds. The van der Waals surface area contributed by atoms with Gasteiger partial charge in [0.15, 0.2) is 0 Å². The highest BCUT2D eigenvalue weighted by atomic mass is 19.3. The first-order valence-corrected chi connectivity index (χ1v) is 5.54. The van der Waals surface area contributed by atoms with Gasteiger partial charge in [0.05, 0.1) is 6.04 Å². The van der Waals surface area contributed by atoms with E-state index in [1.54, 1.807) is 20.8 Å². The number of nitrogens with zero attached hydrogens (tertiary/aromatic N) is 1. The van der Waals surface area contributed by atoms with Gasteiger partial charge in [-0.3, -0.25) is 9.69 Å². The van der Waals surface area contributed by atoms with E-state index in [9.17, 15) is 18.4 Å². The lowest BCUT2D eigenvalue weighted by molar-refractivity contribution is -0.134. The Balaban J connectivity index is 2.70. The minimum atomic E-state index is -3.04. The van der Waals surface area contributed by atoms with Crippen LogP contribution in [0.5, 0.6) is 0 Å². The van der Waals surface area contributed by atoms with Gasteiger partial charge in [0.1, 0.15) is 5.60 Å². The summed E-state index contributed by atoms with van der Waals surface area (Å²) in [5, 5.41) is 0. The van der Waals surface area contributed by atoms with Crippen molar-refractivity contribution in [2.45, 2.75) is 51.7 Å². The Kier molecular flexibility index (Phi) is 4.06. The fourth-order valence-electron chi connectivity index (χ4n) is 1.75.